The highest BCUT2D eigenvalue weighted by molar-refractivity contribution is 7.99. The average molecular weight is 353 g/mol. The summed E-state index contributed by atoms with van der Waals surface area (Å²) in [5.74, 6) is 0.302. The van der Waals surface area contributed by atoms with Gasteiger partial charge in [-0.25, -0.2) is 4.98 Å². The second-order valence-corrected chi connectivity index (χ2v) is 6.75. The summed E-state index contributed by atoms with van der Waals surface area (Å²) in [6.45, 7) is 4.12. The van der Waals surface area contributed by atoms with Gasteiger partial charge >= 0.3 is 0 Å². The van der Waals surface area contributed by atoms with Crippen LogP contribution in [0.25, 0.3) is 5.69 Å². The number of phenolic OH excluding ortho intramolecular Hbond substituents is 1. The molecule has 3 rings (SSSR count). The molecule has 0 aliphatic heterocycles. The van der Waals surface area contributed by atoms with Crippen molar-refractivity contribution in [3.05, 3.63) is 66.0 Å². The fraction of sp³-hybridized carbons (Fsp3) is 0.158. The highest BCUT2D eigenvalue weighted by atomic mass is 32.2. The standard InChI is InChI=1S/C19H19N3O2S/c1-13-9-14(2)11-16(10-13)22-8-7-20-19(22)25-12-18(24)21-15-3-5-17(23)6-4-15/h3-11,23H,12H2,1-2H3,(H,21,24). The topological polar surface area (TPSA) is 67.2 Å². The zero-order chi connectivity index (χ0) is 17.8. The van der Waals surface area contributed by atoms with Crippen LogP contribution in [0.3, 0.4) is 0 Å². The third kappa shape index (κ3) is 4.42. The molecule has 0 unspecified atom stereocenters. The van der Waals surface area contributed by atoms with Gasteiger partial charge in [0.2, 0.25) is 5.91 Å². The minimum absolute atomic E-state index is 0.120. The van der Waals surface area contributed by atoms with E-state index in [0.717, 1.165) is 10.8 Å². The number of hydrogen-bond acceptors (Lipinski definition) is 4. The molecule has 0 atom stereocenters. The van der Waals surface area contributed by atoms with Crippen LogP contribution in [0.1, 0.15) is 11.1 Å². The van der Waals surface area contributed by atoms with Crippen LogP contribution in [0.4, 0.5) is 5.69 Å². The van der Waals surface area contributed by atoms with Gasteiger partial charge in [-0.1, -0.05) is 17.8 Å². The lowest BCUT2D eigenvalue weighted by Gasteiger charge is -2.10. The largest absolute Gasteiger partial charge is 0.508 e. The van der Waals surface area contributed by atoms with Gasteiger partial charge in [-0.2, -0.15) is 0 Å². The predicted octanol–water partition coefficient (Wildman–Crippen LogP) is 3.93. The van der Waals surface area contributed by atoms with Gasteiger partial charge in [0.05, 0.1) is 5.75 Å². The first-order valence-electron chi connectivity index (χ1n) is 7.85. The van der Waals surface area contributed by atoms with E-state index in [9.17, 15) is 9.90 Å². The van der Waals surface area contributed by atoms with Crippen LogP contribution in [0.15, 0.2) is 60.0 Å². The van der Waals surface area contributed by atoms with E-state index in [2.05, 4.69) is 42.3 Å². The van der Waals surface area contributed by atoms with E-state index in [1.54, 1.807) is 18.3 Å². The van der Waals surface area contributed by atoms with Crippen LogP contribution >= 0.6 is 11.8 Å². The molecular formula is C19H19N3O2S. The van der Waals surface area contributed by atoms with Gasteiger partial charge in [-0.15, -0.1) is 0 Å². The van der Waals surface area contributed by atoms with Crippen molar-refractivity contribution in [3.8, 4) is 11.4 Å². The maximum absolute atomic E-state index is 12.1. The van der Waals surface area contributed by atoms with Gasteiger partial charge in [0, 0.05) is 23.8 Å². The molecule has 3 aromatic rings. The number of phenols is 1. The van der Waals surface area contributed by atoms with Crippen molar-refractivity contribution in [2.75, 3.05) is 11.1 Å². The van der Waals surface area contributed by atoms with E-state index in [-0.39, 0.29) is 17.4 Å². The molecule has 2 N–H and O–H groups in total. The summed E-state index contributed by atoms with van der Waals surface area (Å²) in [6, 6.07) is 12.7. The quantitative estimate of drug-likeness (QED) is 0.539. The number of aromatic hydroxyl groups is 1. The molecule has 5 nitrogen and oxygen atoms in total. The molecule has 0 spiro atoms. The number of amides is 1. The number of nitrogens with zero attached hydrogens (tertiary/aromatic N) is 2. The van der Waals surface area contributed by atoms with Crippen molar-refractivity contribution in [2.24, 2.45) is 0 Å². The van der Waals surface area contributed by atoms with E-state index in [0.29, 0.717) is 5.69 Å². The lowest BCUT2D eigenvalue weighted by Crippen LogP contribution is -2.14. The van der Waals surface area contributed by atoms with Gasteiger partial charge < -0.3 is 10.4 Å². The van der Waals surface area contributed by atoms with Crippen LogP contribution in [-0.2, 0) is 4.79 Å². The summed E-state index contributed by atoms with van der Waals surface area (Å²) in [6.07, 6.45) is 3.63. The number of thioether (sulfide) groups is 1. The number of nitrogens with one attached hydrogen (secondary N) is 1. The van der Waals surface area contributed by atoms with E-state index in [4.69, 9.17) is 0 Å². The molecule has 1 aromatic heterocycles. The van der Waals surface area contributed by atoms with Crippen LogP contribution in [-0.4, -0.2) is 26.3 Å². The first-order valence-corrected chi connectivity index (χ1v) is 8.83. The summed E-state index contributed by atoms with van der Waals surface area (Å²) in [5.41, 5.74) is 4.06. The number of anilines is 1. The molecule has 1 heterocycles. The molecule has 0 fully saturated rings. The summed E-state index contributed by atoms with van der Waals surface area (Å²) < 4.78 is 1.98. The average Bonchev–Trinajstić information content (AvgIpc) is 3.03. The number of aryl methyl sites for hydroxylation is 2. The minimum atomic E-state index is -0.120. The molecule has 0 radical (unpaired) electrons. The summed E-state index contributed by atoms with van der Waals surface area (Å²) >= 11 is 1.38. The number of imidazole rings is 1. The number of carbonyl (C=O) groups is 1. The van der Waals surface area contributed by atoms with Crippen molar-refractivity contribution >= 4 is 23.4 Å². The van der Waals surface area contributed by atoms with Crippen molar-refractivity contribution in [3.63, 3.8) is 0 Å². The van der Waals surface area contributed by atoms with E-state index in [1.165, 1.54) is 35.0 Å². The molecule has 0 bridgehead atoms. The van der Waals surface area contributed by atoms with Gasteiger partial charge in [0.1, 0.15) is 5.75 Å². The molecule has 0 aliphatic rings. The van der Waals surface area contributed by atoms with Crippen LogP contribution in [0.5, 0.6) is 5.75 Å². The zero-order valence-electron chi connectivity index (χ0n) is 14.1. The number of carbonyl (C=O) groups excluding carboxylic acids is 1. The molecule has 1 amide bonds. The second-order valence-electron chi connectivity index (χ2n) is 5.81. The summed E-state index contributed by atoms with van der Waals surface area (Å²) in [5, 5.41) is 12.8. The molecule has 25 heavy (non-hydrogen) atoms. The number of rotatable bonds is 5. The number of hydrogen-bond donors (Lipinski definition) is 2. The van der Waals surface area contributed by atoms with Gasteiger partial charge in [0.25, 0.3) is 0 Å². The Morgan fingerprint density at radius 1 is 1.16 bits per heavy atom. The van der Waals surface area contributed by atoms with Crippen molar-refractivity contribution in [1.82, 2.24) is 9.55 Å². The molecule has 6 heteroatoms. The van der Waals surface area contributed by atoms with Crippen molar-refractivity contribution in [2.45, 2.75) is 19.0 Å². The lowest BCUT2D eigenvalue weighted by molar-refractivity contribution is -0.113. The normalized spacial score (nSPS) is 10.6. The molecule has 0 saturated carbocycles. The fourth-order valence-corrected chi connectivity index (χ4v) is 3.33. The molecule has 0 saturated heterocycles. The van der Waals surface area contributed by atoms with Gasteiger partial charge in [0.15, 0.2) is 5.16 Å². The van der Waals surface area contributed by atoms with E-state index >= 15 is 0 Å². The Labute approximate surface area is 150 Å². The number of benzene rings is 2. The maximum Gasteiger partial charge on any atom is 0.234 e. The van der Waals surface area contributed by atoms with Crippen LogP contribution in [0, 0.1) is 13.8 Å². The van der Waals surface area contributed by atoms with Crippen molar-refractivity contribution in [1.29, 1.82) is 0 Å². The second kappa shape index (κ2) is 7.44. The lowest BCUT2D eigenvalue weighted by atomic mass is 10.1. The van der Waals surface area contributed by atoms with Crippen LogP contribution < -0.4 is 5.32 Å². The van der Waals surface area contributed by atoms with Gasteiger partial charge in [-0.05, 0) is 61.4 Å². The first-order chi connectivity index (χ1) is 12.0. The van der Waals surface area contributed by atoms with E-state index < -0.39 is 0 Å². The highest BCUT2D eigenvalue weighted by Crippen LogP contribution is 2.22. The Hall–Kier alpha value is -2.73. The molecular weight excluding hydrogens is 334 g/mol. The number of aromatic nitrogens is 2. The zero-order valence-corrected chi connectivity index (χ0v) is 14.9. The predicted molar refractivity (Wildman–Crippen MR) is 100 cm³/mol. The highest BCUT2D eigenvalue weighted by Gasteiger charge is 2.10. The van der Waals surface area contributed by atoms with Gasteiger partial charge in [-0.3, -0.25) is 9.36 Å². The Morgan fingerprint density at radius 2 is 1.84 bits per heavy atom. The minimum Gasteiger partial charge on any atom is -0.508 e. The third-order valence-electron chi connectivity index (χ3n) is 3.57. The summed E-state index contributed by atoms with van der Waals surface area (Å²) in [4.78, 5) is 16.5. The maximum atomic E-state index is 12.1. The third-order valence-corrected chi connectivity index (χ3v) is 4.54. The van der Waals surface area contributed by atoms with Crippen molar-refractivity contribution < 1.29 is 9.90 Å². The SMILES string of the molecule is Cc1cc(C)cc(-n2ccnc2SCC(=O)Nc2ccc(O)cc2)c1. The Kier molecular flexibility index (Phi) is 5.09. The smallest absolute Gasteiger partial charge is 0.234 e. The fourth-order valence-electron chi connectivity index (χ4n) is 2.55. The van der Waals surface area contributed by atoms with E-state index in [1.807, 2.05) is 10.8 Å². The van der Waals surface area contributed by atoms with Crippen LogP contribution in [0.2, 0.25) is 0 Å². The molecule has 0 aliphatic carbocycles. The molecule has 2 aromatic carbocycles. The Balaban J connectivity index is 1.67. The Bertz CT molecular complexity index is 868. The summed E-state index contributed by atoms with van der Waals surface area (Å²) in [7, 11) is 0. The monoisotopic (exact) mass is 353 g/mol. The Morgan fingerprint density at radius 3 is 2.52 bits per heavy atom. The first kappa shape index (κ1) is 17.1. The molecule has 128 valence electrons.